The van der Waals surface area contributed by atoms with Gasteiger partial charge in [-0.3, -0.25) is 0 Å². The number of aromatic nitrogens is 1. The molecule has 0 saturated heterocycles. The zero-order chi connectivity index (χ0) is 19.3. The van der Waals surface area contributed by atoms with E-state index in [4.69, 9.17) is 6.57 Å². The van der Waals surface area contributed by atoms with Gasteiger partial charge in [-0.05, 0) is 47.2 Å². The van der Waals surface area contributed by atoms with Crippen molar-refractivity contribution in [2.75, 3.05) is 0 Å². The van der Waals surface area contributed by atoms with Gasteiger partial charge in [0, 0.05) is 17.2 Å². The van der Waals surface area contributed by atoms with Gasteiger partial charge in [-0.1, -0.05) is 69.2 Å². The van der Waals surface area contributed by atoms with E-state index in [0.29, 0.717) is 11.6 Å². The fraction of sp³-hybridized carbons (Fsp3) is 0.200. The van der Waals surface area contributed by atoms with Crippen LogP contribution in [0.2, 0.25) is 0 Å². The SMILES string of the molecule is [C-]#[N+]c1ccc(C(C)(c2ccc(C#Cc3ccccn3)cc2)C(C)C)cc1. The Kier molecular flexibility index (Phi) is 5.39. The standard InChI is InChI=1S/C25H22N2/c1-19(2)25(3,22-13-16-23(26-4)17-14-22)21-11-8-20(9-12-21)10-15-24-7-5-6-18-27-24/h5-9,11-14,16-19H,1-3H3. The van der Waals surface area contributed by atoms with E-state index in [0.717, 1.165) is 11.3 Å². The highest BCUT2D eigenvalue weighted by molar-refractivity contribution is 5.50. The topological polar surface area (TPSA) is 17.2 Å². The summed E-state index contributed by atoms with van der Waals surface area (Å²) in [5.74, 6) is 6.68. The van der Waals surface area contributed by atoms with Gasteiger partial charge in [0.05, 0.1) is 6.57 Å². The molecule has 1 unspecified atom stereocenters. The van der Waals surface area contributed by atoms with Crippen LogP contribution in [0.25, 0.3) is 4.85 Å². The molecule has 1 aromatic heterocycles. The van der Waals surface area contributed by atoms with Crippen LogP contribution in [0.4, 0.5) is 5.69 Å². The van der Waals surface area contributed by atoms with Crippen molar-refractivity contribution < 1.29 is 0 Å². The van der Waals surface area contributed by atoms with Crippen molar-refractivity contribution in [2.45, 2.75) is 26.2 Å². The van der Waals surface area contributed by atoms with Gasteiger partial charge in [0.2, 0.25) is 0 Å². The molecule has 2 aromatic carbocycles. The normalized spacial score (nSPS) is 12.6. The molecule has 0 fully saturated rings. The lowest BCUT2D eigenvalue weighted by Crippen LogP contribution is -2.30. The molecule has 1 heterocycles. The monoisotopic (exact) mass is 350 g/mol. The molecular weight excluding hydrogens is 328 g/mol. The van der Waals surface area contributed by atoms with Gasteiger partial charge in [-0.25, -0.2) is 9.83 Å². The third kappa shape index (κ3) is 3.91. The summed E-state index contributed by atoms with van der Waals surface area (Å²) in [5.41, 5.74) is 4.75. The number of rotatable bonds is 3. The molecule has 0 aliphatic carbocycles. The van der Waals surface area contributed by atoms with Crippen molar-refractivity contribution in [3.8, 4) is 11.8 Å². The van der Waals surface area contributed by atoms with Crippen molar-refractivity contribution >= 4 is 5.69 Å². The summed E-state index contributed by atoms with van der Waals surface area (Å²) < 4.78 is 0. The van der Waals surface area contributed by atoms with Crippen LogP contribution in [-0.2, 0) is 5.41 Å². The molecule has 0 bridgehead atoms. The minimum Gasteiger partial charge on any atom is -0.248 e. The van der Waals surface area contributed by atoms with Crippen LogP contribution in [0, 0.1) is 24.3 Å². The van der Waals surface area contributed by atoms with Gasteiger partial charge in [-0.15, -0.1) is 0 Å². The average Bonchev–Trinajstić information content (AvgIpc) is 2.72. The highest BCUT2D eigenvalue weighted by Crippen LogP contribution is 2.39. The smallest absolute Gasteiger partial charge is 0.187 e. The highest BCUT2D eigenvalue weighted by atomic mass is 14.6. The van der Waals surface area contributed by atoms with Crippen molar-refractivity contribution in [3.05, 3.63) is 107 Å². The Balaban J connectivity index is 1.93. The van der Waals surface area contributed by atoms with Crippen LogP contribution in [0.15, 0.2) is 72.9 Å². The molecule has 0 aliphatic rings. The van der Waals surface area contributed by atoms with E-state index in [2.05, 4.69) is 78.8 Å². The highest BCUT2D eigenvalue weighted by Gasteiger charge is 2.32. The first kappa shape index (κ1) is 18.4. The van der Waals surface area contributed by atoms with Gasteiger partial charge in [-0.2, -0.15) is 0 Å². The zero-order valence-corrected chi connectivity index (χ0v) is 15.9. The lowest BCUT2D eigenvalue weighted by Gasteiger charge is -2.35. The first-order valence-corrected chi connectivity index (χ1v) is 9.05. The predicted octanol–water partition coefficient (Wildman–Crippen LogP) is 5.99. The van der Waals surface area contributed by atoms with Gasteiger partial charge in [0.1, 0.15) is 5.69 Å². The Morgan fingerprint density at radius 1 is 0.889 bits per heavy atom. The first-order chi connectivity index (χ1) is 13.0. The molecule has 0 saturated carbocycles. The summed E-state index contributed by atoms with van der Waals surface area (Å²) in [5, 5.41) is 0. The van der Waals surface area contributed by atoms with Crippen LogP contribution in [0.5, 0.6) is 0 Å². The van der Waals surface area contributed by atoms with Gasteiger partial charge in [0.25, 0.3) is 0 Å². The minimum absolute atomic E-state index is 0.131. The summed E-state index contributed by atoms with van der Waals surface area (Å²) in [7, 11) is 0. The molecule has 0 aliphatic heterocycles. The number of benzene rings is 2. The van der Waals surface area contributed by atoms with Crippen molar-refractivity contribution in [1.29, 1.82) is 0 Å². The molecule has 0 spiro atoms. The van der Waals surface area contributed by atoms with Crippen molar-refractivity contribution in [1.82, 2.24) is 4.98 Å². The Labute approximate surface area is 161 Å². The van der Waals surface area contributed by atoms with E-state index in [-0.39, 0.29) is 5.41 Å². The molecule has 0 radical (unpaired) electrons. The van der Waals surface area contributed by atoms with E-state index < -0.39 is 0 Å². The maximum absolute atomic E-state index is 7.15. The average molecular weight is 350 g/mol. The van der Waals surface area contributed by atoms with E-state index in [1.165, 1.54) is 11.1 Å². The first-order valence-electron chi connectivity index (χ1n) is 9.05. The van der Waals surface area contributed by atoms with Crippen LogP contribution >= 0.6 is 0 Å². The molecule has 1 atom stereocenters. The molecule has 27 heavy (non-hydrogen) atoms. The largest absolute Gasteiger partial charge is 0.248 e. The number of pyridine rings is 1. The summed E-state index contributed by atoms with van der Waals surface area (Å²) in [6.07, 6.45) is 1.75. The summed E-state index contributed by atoms with van der Waals surface area (Å²) in [4.78, 5) is 7.73. The van der Waals surface area contributed by atoms with E-state index in [1.54, 1.807) is 6.20 Å². The fourth-order valence-corrected chi connectivity index (χ4v) is 3.19. The quantitative estimate of drug-likeness (QED) is 0.419. The Morgan fingerprint density at radius 2 is 1.52 bits per heavy atom. The van der Waals surface area contributed by atoms with Crippen molar-refractivity contribution in [3.63, 3.8) is 0 Å². The molecule has 3 rings (SSSR count). The lowest BCUT2D eigenvalue weighted by molar-refractivity contribution is 0.405. The number of nitrogens with zero attached hydrogens (tertiary/aromatic N) is 2. The maximum Gasteiger partial charge on any atom is 0.187 e. The molecular formula is C25H22N2. The molecule has 132 valence electrons. The summed E-state index contributed by atoms with van der Waals surface area (Å²) >= 11 is 0. The second kappa shape index (κ2) is 7.90. The van der Waals surface area contributed by atoms with Crippen molar-refractivity contribution in [2.24, 2.45) is 5.92 Å². The minimum atomic E-state index is -0.131. The number of hydrogen-bond donors (Lipinski definition) is 0. The molecule has 2 nitrogen and oxygen atoms in total. The van der Waals surface area contributed by atoms with E-state index in [9.17, 15) is 0 Å². The third-order valence-electron chi connectivity index (χ3n) is 5.24. The van der Waals surface area contributed by atoms with Gasteiger partial charge >= 0.3 is 0 Å². The summed E-state index contributed by atoms with van der Waals surface area (Å²) in [6.45, 7) is 13.9. The van der Waals surface area contributed by atoms with E-state index in [1.807, 2.05) is 30.3 Å². The Hall–Kier alpha value is -3.36. The molecule has 3 aromatic rings. The second-order valence-corrected chi connectivity index (χ2v) is 7.06. The third-order valence-corrected chi connectivity index (χ3v) is 5.24. The molecule has 0 amide bonds. The Morgan fingerprint density at radius 3 is 2.04 bits per heavy atom. The van der Waals surface area contributed by atoms with Crippen LogP contribution in [0.1, 0.15) is 43.2 Å². The van der Waals surface area contributed by atoms with Gasteiger partial charge in [0.15, 0.2) is 5.69 Å². The van der Waals surface area contributed by atoms with Crippen LogP contribution < -0.4 is 0 Å². The zero-order valence-electron chi connectivity index (χ0n) is 15.9. The number of hydrogen-bond acceptors (Lipinski definition) is 1. The van der Waals surface area contributed by atoms with E-state index >= 15 is 0 Å². The summed E-state index contributed by atoms with van der Waals surface area (Å²) in [6, 6.07) is 22.1. The second-order valence-electron chi connectivity index (χ2n) is 7.06. The molecule has 0 N–H and O–H groups in total. The van der Waals surface area contributed by atoms with Gasteiger partial charge < -0.3 is 0 Å². The Bertz CT molecular complexity index is 998. The fourth-order valence-electron chi connectivity index (χ4n) is 3.19. The predicted molar refractivity (Wildman–Crippen MR) is 111 cm³/mol. The van der Waals surface area contributed by atoms with Crippen LogP contribution in [-0.4, -0.2) is 4.98 Å². The maximum atomic E-state index is 7.15. The molecule has 2 heteroatoms. The lowest BCUT2D eigenvalue weighted by atomic mass is 9.68. The van der Waals surface area contributed by atoms with Crippen LogP contribution in [0.3, 0.4) is 0 Å².